The number of aromatic nitrogens is 2. The van der Waals surface area contributed by atoms with E-state index in [0.717, 1.165) is 30.6 Å². The molecule has 166 valence electrons. The van der Waals surface area contributed by atoms with Crippen LogP contribution >= 0.6 is 11.6 Å². The summed E-state index contributed by atoms with van der Waals surface area (Å²) >= 11 is 6.02. The van der Waals surface area contributed by atoms with E-state index in [4.69, 9.17) is 11.6 Å². The zero-order chi connectivity index (χ0) is 21.3. The molecule has 0 aromatic carbocycles. The molecule has 4 nitrogen and oxygen atoms in total. The monoisotopic (exact) mass is 443 g/mol. The maximum absolute atomic E-state index is 13.2. The summed E-state index contributed by atoms with van der Waals surface area (Å²) < 4.78 is 41.0. The minimum absolute atomic E-state index is 0.0232. The fourth-order valence-corrected chi connectivity index (χ4v) is 7.33. The van der Waals surface area contributed by atoms with E-state index in [9.17, 15) is 18.0 Å². The van der Waals surface area contributed by atoms with Crippen molar-refractivity contribution in [2.45, 2.75) is 89.4 Å². The van der Waals surface area contributed by atoms with Crippen LogP contribution in [0.3, 0.4) is 0 Å². The summed E-state index contributed by atoms with van der Waals surface area (Å²) in [5.41, 5.74) is -0.387. The average Bonchev–Trinajstić information content (AvgIpc) is 3.40. The zero-order valence-corrected chi connectivity index (χ0v) is 18.0. The molecule has 5 saturated carbocycles. The number of hydrogen-bond donors (Lipinski definition) is 1. The van der Waals surface area contributed by atoms with Crippen LogP contribution in [0, 0.1) is 23.2 Å². The van der Waals surface area contributed by atoms with Crippen molar-refractivity contribution in [1.29, 1.82) is 0 Å². The van der Waals surface area contributed by atoms with Gasteiger partial charge in [0.25, 0.3) is 0 Å². The lowest BCUT2D eigenvalue weighted by Crippen LogP contribution is -2.55. The Kier molecular flexibility index (Phi) is 4.92. The van der Waals surface area contributed by atoms with Gasteiger partial charge < -0.3 is 5.32 Å². The molecule has 1 aromatic rings. The second-order valence-electron chi connectivity index (χ2n) is 10.4. The number of nitrogens with one attached hydrogen (secondary N) is 1. The molecule has 0 spiro atoms. The lowest BCUT2D eigenvalue weighted by Gasteiger charge is -2.59. The SMILES string of the molecule is CC(NC(=O)CCn1nc(C(F)(F)F)c(Cl)c1C1CC1)C12CC3CC(CC(C3)C1)C2. The summed E-state index contributed by atoms with van der Waals surface area (Å²) in [5.74, 6) is 2.34. The van der Waals surface area contributed by atoms with Crippen molar-refractivity contribution in [1.82, 2.24) is 15.1 Å². The summed E-state index contributed by atoms with van der Waals surface area (Å²) in [4.78, 5) is 12.7. The van der Waals surface area contributed by atoms with Gasteiger partial charge in [0.1, 0.15) is 0 Å². The Labute approximate surface area is 179 Å². The molecule has 1 heterocycles. The van der Waals surface area contributed by atoms with Gasteiger partial charge in [-0.15, -0.1) is 0 Å². The highest BCUT2D eigenvalue weighted by Crippen LogP contribution is 2.61. The maximum Gasteiger partial charge on any atom is 0.436 e. The zero-order valence-electron chi connectivity index (χ0n) is 17.3. The van der Waals surface area contributed by atoms with Gasteiger partial charge in [-0.05, 0) is 81.5 Å². The molecule has 30 heavy (non-hydrogen) atoms. The molecule has 1 N–H and O–H groups in total. The Morgan fingerprint density at radius 3 is 2.27 bits per heavy atom. The first kappa shape index (κ1) is 20.7. The van der Waals surface area contributed by atoms with Crippen LogP contribution in [0.25, 0.3) is 0 Å². The molecule has 8 heteroatoms. The number of hydrogen-bond acceptors (Lipinski definition) is 2. The van der Waals surface area contributed by atoms with Gasteiger partial charge >= 0.3 is 6.18 Å². The third-order valence-electron chi connectivity index (χ3n) is 8.10. The highest BCUT2D eigenvalue weighted by Gasteiger charge is 2.53. The van der Waals surface area contributed by atoms with Gasteiger partial charge in [-0.3, -0.25) is 9.48 Å². The third kappa shape index (κ3) is 3.65. The summed E-state index contributed by atoms with van der Waals surface area (Å²) in [6.07, 6.45) is 4.84. The largest absolute Gasteiger partial charge is 0.436 e. The van der Waals surface area contributed by atoms with Crippen LogP contribution < -0.4 is 5.32 Å². The molecule has 1 unspecified atom stereocenters. The van der Waals surface area contributed by atoms with Crippen LogP contribution in [-0.2, 0) is 17.5 Å². The number of carbonyl (C=O) groups excluding carboxylic acids is 1. The van der Waals surface area contributed by atoms with Crippen LogP contribution in [0.5, 0.6) is 0 Å². The van der Waals surface area contributed by atoms with E-state index in [-0.39, 0.29) is 41.3 Å². The first-order chi connectivity index (χ1) is 14.1. The molecule has 0 aliphatic heterocycles. The molecular formula is C22H29ClF3N3O. The number of carbonyl (C=O) groups is 1. The normalized spacial score (nSPS) is 33.7. The quantitative estimate of drug-likeness (QED) is 0.627. The summed E-state index contributed by atoms with van der Waals surface area (Å²) in [6.45, 7) is 2.24. The van der Waals surface area contributed by atoms with E-state index >= 15 is 0 Å². The minimum Gasteiger partial charge on any atom is -0.353 e. The predicted molar refractivity (Wildman–Crippen MR) is 107 cm³/mol. The molecule has 1 atom stereocenters. The standard InChI is InChI=1S/C22H29ClF3N3O/c1-12(21-9-13-6-14(10-21)8-15(7-13)11-21)27-17(30)4-5-29-19(16-2-3-16)18(23)20(28-29)22(24,25)26/h12-16H,2-11H2,1H3,(H,27,30). The summed E-state index contributed by atoms with van der Waals surface area (Å²) in [6, 6.07) is 0.105. The van der Waals surface area contributed by atoms with E-state index in [1.165, 1.54) is 43.2 Å². The van der Waals surface area contributed by atoms with Gasteiger partial charge in [0.15, 0.2) is 5.69 Å². The molecule has 0 radical (unpaired) electrons. The van der Waals surface area contributed by atoms with Crippen molar-refractivity contribution in [3.63, 3.8) is 0 Å². The minimum atomic E-state index is -4.58. The maximum atomic E-state index is 13.2. The number of rotatable bonds is 6. The Balaban J connectivity index is 1.24. The Hall–Kier alpha value is -1.24. The topological polar surface area (TPSA) is 46.9 Å². The average molecular weight is 444 g/mol. The van der Waals surface area contributed by atoms with Crippen LogP contribution in [0.15, 0.2) is 0 Å². The second-order valence-corrected chi connectivity index (χ2v) is 10.7. The Bertz CT molecular complexity index is 810. The Morgan fingerprint density at radius 1 is 1.20 bits per heavy atom. The Morgan fingerprint density at radius 2 is 1.77 bits per heavy atom. The molecule has 1 amide bonds. The van der Waals surface area contributed by atoms with Gasteiger partial charge in [-0.1, -0.05) is 11.6 Å². The fourth-order valence-electron chi connectivity index (χ4n) is 6.93. The predicted octanol–water partition coefficient (Wildman–Crippen LogP) is 5.54. The highest BCUT2D eigenvalue weighted by atomic mass is 35.5. The van der Waals surface area contributed by atoms with E-state index in [2.05, 4.69) is 17.3 Å². The van der Waals surface area contributed by atoms with E-state index < -0.39 is 11.9 Å². The molecule has 5 fully saturated rings. The summed E-state index contributed by atoms with van der Waals surface area (Å²) in [5, 5.41) is 6.62. The van der Waals surface area contributed by atoms with Crippen LogP contribution in [-0.4, -0.2) is 21.7 Å². The van der Waals surface area contributed by atoms with E-state index in [1.54, 1.807) is 0 Å². The van der Waals surface area contributed by atoms with E-state index in [1.807, 2.05) is 0 Å². The van der Waals surface area contributed by atoms with Crippen molar-refractivity contribution in [2.75, 3.05) is 0 Å². The van der Waals surface area contributed by atoms with E-state index in [0.29, 0.717) is 5.69 Å². The molecule has 5 aliphatic carbocycles. The smallest absolute Gasteiger partial charge is 0.353 e. The third-order valence-corrected chi connectivity index (χ3v) is 8.47. The van der Waals surface area contributed by atoms with Gasteiger partial charge in [0.05, 0.1) is 17.3 Å². The lowest BCUT2D eigenvalue weighted by molar-refractivity contribution is -0.141. The number of aryl methyl sites for hydroxylation is 1. The molecular weight excluding hydrogens is 415 g/mol. The number of amides is 1. The van der Waals surface area contributed by atoms with Gasteiger partial charge in [0, 0.05) is 18.4 Å². The number of alkyl halides is 3. The second kappa shape index (κ2) is 7.14. The number of halogens is 4. The van der Waals surface area contributed by atoms with Crippen molar-refractivity contribution in [3.8, 4) is 0 Å². The molecule has 0 saturated heterocycles. The van der Waals surface area contributed by atoms with Gasteiger partial charge in [0.2, 0.25) is 5.91 Å². The van der Waals surface area contributed by atoms with Crippen molar-refractivity contribution in [2.24, 2.45) is 23.2 Å². The molecule has 4 bridgehead atoms. The van der Waals surface area contributed by atoms with Crippen molar-refractivity contribution in [3.05, 3.63) is 16.4 Å². The summed E-state index contributed by atoms with van der Waals surface area (Å²) in [7, 11) is 0. The van der Waals surface area contributed by atoms with Crippen LogP contribution in [0.4, 0.5) is 13.2 Å². The van der Waals surface area contributed by atoms with Crippen molar-refractivity contribution >= 4 is 17.5 Å². The molecule has 6 rings (SSSR count). The first-order valence-electron chi connectivity index (χ1n) is 11.3. The van der Waals surface area contributed by atoms with Gasteiger partial charge in [-0.2, -0.15) is 18.3 Å². The molecule has 1 aromatic heterocycles. The fraction of sp³-hybridized carbons (Fsp3) is 0.818. The van der Waals surface area contributed by atoms with Crippen molar-refractivity contribution < 1.29 is 18.0 Å². The lowest BCUT2D eigenvalue weighted by atomic mass is 9.48. The first-order valence-corrected chi connectivity index (χ1v) is 11.6. The van der Waals surface area contributed by atoms with Crippen LogP contribution in [0.1, 0.15) is 82.0 Å². The number of nitrogens with zero attached hydrogens (tertiary/aromatic N) is 2. The molecule has 5 aliphatic rings. The highest BCUT2D eigenvalue weighted by molar-refractivity contribution is 6.32. The van der Waals surface area contributed by atoms with Crippen LogP contribution in [0.2, 0.25) is 5.02 Å². The van der Waals surface area contributed by atoms with Gasteiger partial charge in [-0.25, -0.2) is 0 Å².